The van der Waals surface area contributed by atoms with Crippen LogP contribution >= 0.6 is 0 Å². The van der Waals surface area contributed by atoms with Crippen LogP contribution in [0.25, 0.3) is 0 Å². The van der Waals surface area contributed by atoms with Crippen LogP contribution in [0.2, 0.25) is 0 Å². The Labute approximate surface area is 168 Å². The Kier molecular flexibility index (Phi) is 4.76. The topological polar surface area (TPSA) is 75.5 Å². The van der Waals surface area contributed by atoms with Gasteiger partial charge in [-0.1, -0.05) is 38.1 Å². The Hall–Kier alpha value is -3.67. The summed E-state index contributed by atoms with van der Waals surface area (Å²) in [6.45, 7) is 4.25. The highest BCUT2D eigenvalue weighted by Crippen LogP contribution is 2.37. The van der Waals surface area contributed by atoms with Crippen molar-refractivity contribution in [2.24, 2.45) is 0 Å². The van der Waals surface area contributed by atoms with Crippen LogP contribution in [0, 0.1) is 10.1 Å². The van der Waals surface area contributed by atoms with Gasteiger partial charge < -0.3 is 5.32 Å². The number of anilines is 2. The molecular formula is C23H21N3O3. The average Bonchev–Trinajstić information content (AvgIpc) is 2.74. The molecule has 4 rings (SSSR count). The molecule has 1 atom stereocenters. The van der Waals surface area contributed by atoms with E-state index in [2.05, 4.69) is 19.2 Å². The third kappa shape index (κ3) is 3.45. The Morgan fingerprint density at radius 3 is 2.24 bits per heavy atom. The van der Waals surface area contributed by atoms with E-state index in [-0.39, 0.29) is 11.6 Å². The van der Waals surface area contributed by atoms with E-state index in [1.54, 1.807) is 23.1 Å². The predicted molar refractivity (Wildman–Crippen MR) is 113 cm³/mol. The number of para-hydroxylation sites is 1. The summed E-state index contributed by atoms with van der Waals surface area (Å²) < 4.78 is 0. The SMILES string of the molecule is CC(C)c1ccc(N2C(=O)c3ccccc3NC2c2ccc([N+](=O)[O-])cc2)cc1. The fraction of sp³-hybridized carbons (Fsp3) is 0.174. The minimum absolute atomic E-state index is 0.0177. The quantitative estimate of drug-likeness (QED) is 0.474. The monoisotopic (exact) mass is 387 g/mol. The number of nitrogens with zero attached hydrogens (tertiary/aromatic N) is 2. The predicted octanol–water partition coefficient (Wildman–Crippen LogP) is 5.49. The number of benzene rings is 3. The second-order valence-electron chi connectivity index (χ2n) is 7.36. The fourth-order valence-electron chi connectivity index (χ4n) is 3.55. The lowest BCUT2D eigenvalue weighted by Crippen LogP contribution is -2.43. The van der Waals surface area contributed by atoms with Gasteiger partial charge in [-0.15, -0.1) is 0 Å². The lowest BCUT2D eigenvalue weighted by atomic mass is 10.00. The minimum atomic E-state index is -0.469. The highest BCUT2D eigenvalue weighted by molar-refractivity contribution is 6.12. The van der Waals surface area contributed by atoms with Crippen LogP contribution in [-0.2, 0) is 0 Å². The molecule has 1 aliphatic rings. The standard InChI is InChI=1S/C23H21N3O3/c1-15(2)16-7-11-18(12-8-16)25-22(17-9-13-19(14-10-17)26(28)29)24-21-6-4-3-5-20(21)23(25)27/h3-15,22,24H,1-2H3. The zero-order valence-electron chi connectivity index (χ0n) is 16.2. The number of carbonyl (C=O) groups is 1. The summed E-state index contributed by atoms with van der Waals surface area (Å²) in [4.78, 5) is 25.6. The Morgan fingerprint density at radius 2 is 1.62 bits per heavy atom. The molecule has 0 spiro atoms. The first-order chi connectivity index (χ1) is 14.0. The minimum Gasteiger partial charge on any atom is -0.360 e. The zero-order chi connectivity index (χ0) is 20.5. The van der Waals surface area contributed by atoms with Gasteiger partial charge in [0.05, 0.1) is 10.5 Å². The molecule has 6 heteroatoms. The number of nitro benzene ring substituents is 1. The van der Waals surface area contributed by atoms with Gasteiger partial charge in [0.25, 0.3) is 11.6 Å². The van der Waals surface area contributed by atoms with Crippen LogP contribution in [0.15, 0.2) is 72.8 Å². The van der Waals surface area contributed by atoms with Crippen LogP contribution in [0.4, 0.5) is 17.1 Å². The van der Waals surface area contributed by atoms with Gasteiger partial charge in [-0.25, -0.2) is 0 Å². The number of nitrogens with one attached hydrogen (secondary N) is 1. The molecule has 3 aromatic rings. The maximum Gasteiger partial charge on any atom is 0.269 e. The van der Waals surface area contributed by atoms with E-state index in [9.17, 15) is 14.9 Å². The number of hydrogen-bond acceptors (Lipinski definition) is 4. The maximum absolute atomic E-state index is 13.4. The van der Waals surface area contributed by atoms with E-state index >= 15 is 0 Å². The summed E-state index contributed by atoms with van der Waals surface area (Å²) in [5.74, 6) is 0.283. The van der Waals surface area contributed by atoms with Gasteiger partial charge >= 0.3 is 0 Å². The number of carbonyl (C=O) groups excluding carboxylic acids is 1. The molecule has 1 heterocycles. The van der Waals surface area contributed by atoms with Gasteiger partial charge in [0.15, 0.2) is 0 Å². The van der Waals surface area contributed by atoms with Gasteiger partial charge in [0.2, 0.25) is 0 Å². The number of fused-ring (bicyclic) bond motifs is 1. The molecule has 1 N–H and O–H groups in total. The molecule has 1 unspecified atom stereocenters. The van der Waals surface area contributed by atoms with Crippen molar-refractivity contribution in [1.29, 1.82) is 0 Å². The van der Waals surface area contributed by atoms with Crippen molar-refractivity contribution in [3.63, 3.8) is 0 Å². The summed E-state index contributed by atoms with van der Waals surface area (Å²) in [6.07, 6.45) is -0.469. The Balaban J connectivity index is 1.79. The second kappa shape index (κ2) is 7.39. The molecule has 1 aliphatic heterocycles. The molecule has 0 aromatic heterocycles. The second-order valence-corrected chi connectivity index (χ2v) is 7.36. The molecule has 3 aromatic carbocycles. The average molecular weight is 387 g/mol. The van der Waals surface area contributed by atoms with E-state index in [1.165, 1.54) is 17.7 Å². The van der Waals surface area contributed by atoms with Crippen molar-refractivity contribution in [1.82, 2.24) is 0 Å². The highest BCUT2D eigenvalue weighted by atomic mass is 16.6. The summed E-state index contributed by atoms with van der Waals surface area (Å²) in [5.41, 5.74) is 4.09. The van der Waals surface area contributed by atoms with Crippen LogP contribution in [-0.4, -0.2) is 10.8 Å². The van der Waals surface area contributed by atoms with Crippen LogP contribution in [0.5, 0.6) is 0 Å². The summed E-state index contributed by atoms with van der Waals surface area (Å²) >= 11 is 0. The normalized spacial score (nSPS) is 15.8. The van der Waals surface area contributed by atoms with Crippen molar-refractivity contribution in [2.45, 2.75) is 25.9 Å². The first kappa shape index (κ1) is 18.7. The number of amides is 1. The van der Waals surface area contributed by atoms with Gasteiger partial charge in [0, 0.05) is 23.5 Å². The largest absolute Gasteiger partial charge is 0.360 e. The third-order valence-electron chi connectivity index (χ3n) is 5.18. The summed E-state index contributed by atoms with van der Waals surface area (Å²) in [6, 6.07) is 21.6. The van der Waals surface area contributed by atoms with E-state index in [0.717, 1.165) is 16.9 Å². The highest BCUT2D eigenvalue weighted by Gasteiger charge is 2.34. The molecule has 0 radical (unpaired) electrons. The van der Waals surface area contributed by atoms with Crippen molar-refractivity contribution in [3.8, 4) is 0 Å². The summed E-state index contributed by atoms with van der Waals surface area (Å²) in [7, 11) is 0. The van der Waals surface area contributed by atoms with E-state index in [1.807, 2.05) is 42.5 Å². The summed E-state index contributed by atoms with van der Waals surface area (Å²) in [5, 5.41) is 14.4. The molecular weight excluding hydrogens is 366 g/mol. The Morgan fingerprint density at radius 1 is 0.966 bits per heavy atom. The number of nitro groups is 1. The molecule has 1 amide bonds. The van der Waals surface area contributed by atoms with Crippen molar-refractivity contribution in [3.05, 3.63) is 99.6 Å². The molecule has 6 nitrogen and oxygen atoms in total. The van der Waals surface area contributed by atoms with Crippen molar-refractivity contribution >= 4 is 23.0 Å². The van der Waals surface area contributed by atoms with Crippen LogP contribution < -0.4 is 10.2 Å². The number of hydrogen-bond donors (Lipinski definition) is 1. The van der Waals surface area contributed by atoms with Gasteiger partial charge in [-0.2, -0.15) is 0 Å². The first-order valence-electron chi connectivity index (χ1n) is 9.49. The lowest BCUT2D eigenvalue weighted by Gasteiger charge is -2.38. The maximum atomic E-state index is 13.4. The Bertz CT molecular complexity index is 1060. The molecule has 29 heavy (non-hydrogen) atoms. The van der Waals surface area contributed by atoms with Gasteiger partial charge in [-0.3, -0.25) is 19.8 Å². The lowest BCUT2D eigenvalue weighted by molar-refractivity contribution is -0.384. The fourth-order valence-corrected chi connectivity index (χ4v) is 3.55. The molecule has 0 aliphatic carbocycles. The zero-order valence-corrected chi connectivity index (χ0v) is 16.2. The van der Waals surface area contributed by atoms with Gasteiger partial charge in [0.1, 0.15) is 6.17 Å². The molecule has 0 bridgehead atoms. The number of non-ortho nitro benzene ring substituents is 1. The molecule has 146 valence electrons. The smallest absolute Gasteiger partial charge is 0.269 e. The first-order valence-corrected chi connectivity index (χ1v) is 9.49. The van der Waals surface area contributed by atoms with Crippen molar-refractivity contribution in [2.75, 3.05) is 10.2 Å². The van der Waals surface area contributed by atoms with E-state index in [0.29, 0.717) is 11.5 Å². The van der Waals surface area contributed by atoms with Gasteiger partial charge in [-0.05, 0) is 53.4 Å². The number of rotatable bonds is 4. The molecule has 0 fully saturated rings. The van der Waals surface area contributed by atoms with Crippen molar-refractivity contribution < 1.29 is 9.72 Å². The van der Waals surface area contributed by atoms with Crippen LogP contribution in [0.3, 0.4) is 0 Å². The third-order valence-corrected chi connectivity index (χ3v) is 5.18. The van der Waals surface area contributed by atoms with E-state index < -0.39 is 11.1 Å². The van der Waals surface area contributed by atoms with E-state index in [4.69, 9.17) is 0 Å². The van der Waals surface area contributed by atoms with Crippen LogP contribution in [0.1, 0.15) is 47.4 Å². The molecule has 0 saturated heterocycles. The molecule has 0 saturated carbocycles.